The number of rotatable bonds is 3. The van der Waals surface area contributed by atoms with Gasteiger partial charge < -0.3 is 10.0 Å². The lowest BCUT2D eigenvalue weighted by Gasteiger charge is -2.33. The average molecular weight is 352 g/mol. The highest BCUT2D eigenvalue weighted by molar-refractivity contribution is 9.10. The predicted octanol–water partition coefficient (Wildman–Crippen LogP) is 3.02. The van der Waals surface area contributed by atoms with Crippen LogP contribution in [0.5, 0.6) is 0 Å². The van der Waals surface area contributed by atoms with Crippen LogP contribution >= 0.6 is 15.9 Å². The van der Waals surface area contributed by atoms with Crippen molar-refractivity contribution in [2.45, 2.75) is 37.6 Å². The van der Waals surface area contributed by atoms with Crippen LogP contribution < -0.4 is 0 Å². The second kappa shape index (κ2) is 5.79. The molecule has 0 spiro atoms. The Labute approximate surface area is 132 Å². The van der Waals surface area contributed by atoms with Crippen molar-refractivity contribution in [1.82, 2.24) is 4.90 Å². The fraction of sp³-hybridized carbons (Fsp3) is 0.500. The molecule has 3 atom stereocenters. The van der Waals surface area contributed by atoms with Gasteiger partial charge in [-0.3, -0.25) is 4.79 Å². The Morgan fingerprint density at radius 2 is 2.10 bits per heavy atom. The molecule has 3 rings (SSSR count). The molecule has 1 saturated heterocycles. The Hall–Kier alpha value is -1.36. The lowest BCUT2D eigenvalue weighted by atomic mass is 10.0. The van der Waals surface area contributed by atoms with Gasteiger partial charge in [-0.05, 0) is 49.3 Å². The van der Waals surface area contributed by atoms with E-state index in [1.54, 1.807) is 4.90 Å². The zero-order valence-electron chi connectivity index (χ0n) is 11.7. The maximum Gasteiger partial charge on any atom is 0.326 e. The molecule has 112 valence electrons. The molecule has 1 aliphatic carbocycles. The van der Waals surface area contributed by atoms with Crippen LogP contribution in [0.25, 0.3) is 0 Å². The molecule has 0 bridgehead atoms. The number of nitrogens with zero attached hydrogens (tertiary/aromatic N) is 1. The molecule has 2 fully saturated rings. The van der Waals surface area contributed by atoms with E-state index in [4.69, 9.17) is 0 Å². The van der Waals surface area contributed by atoms with Crippen molar-refractivity contribution >= 4 is 27.8 Å². The van der Waals surface area contributed by atoms with E-state index in [1.807, 2.05) is 24.3 Å². The van der Waals surface area contributed by atoms with Crippen LogP contribution in [0.2, 0.25) is 0 Å². The summed E-state index contributed by atoms with van der Waals surface area (Å²) >= 11 is 3.45. The predicted molar refractivity (Wildman–Crippen MR) is 82.0 cm³/mol. The van der Waals surface area contributed by atoms with E-state index >= 15 is 0 Å². The smallest absolute Gasteiger partial charge is 0.326 e. The Kier molecular flexibility index (Phi) is 4.02. The summed E-state index contributed by atoms with van der Waals surface area (Å²) in [4.78, 5) is 25.5. The van der Waals surface area contributed by atoms with Gasteiger partial charge in [0.15, 0.2) is 0 Å². The highest BCUT2D eigenvalue weighted by Gasteiger charge is 2.48. The summed E-state index contributed by atoms with van der Waals surface area (Å²) < 4.78 is 1.01. The largest absolute Gasteiger partial charge is 0.480 e. The minimum Gasteiger partial charge on any atom is -0.480 e. The first kappa shape index (κ1) is 14.6. The summed E-state index contributed by atoms with van der Waals surface area (Å²) in [5, 5.41) is 9.28. The van der Waals surface area contributed by atoms with Gasteiger partial charge in [-0.15, -0.1) is 0 Å². The second-order valence-electron chi connectivity index (χ2n) is 5.89. The molecule has 1 N–H and O–H groups in total. The molecule has 1 aliphatic heterocycles. The third kappa shape index (κ3) is 2.98. The number of carboxylic acid groups (broad SMARTS) is 1. The molecule has 1 aromatic carbocycles. The summed E-state index contributed by atoms with van der Waals surface area (Å²) in [5.41, 5.74) is 1.16. The summed E-state index contributed by atoms with van der Waals surface area (Å²) in [5.74, 6) is -0.652. The number of hydrogen-bond donors (Lipinski definition) is 1. The van der Waals surface area contributed by atoms with Gasteiger partial charge in [-0.25, -0.2) is 4.79 Å². The Morgan fingerprint density at radius 1 is 1.29 bits per heavy atom. The van der Waals surface area contributed by atoms with E-state index in [-0.39, 0.29) is 17.7 Å². The number of hydrogen-bond acceptors (Lipinski definition) is 2. The first-order chi connectivity index (χ1) is 10.1. The molecule has 21 heavy (non-hydrogen) atoms. The van der Waals surface area contributed by atoms with Crippen molar-refractivity contribution in [2.75, 3.05) is 6.54 Å². The number of aliphatic carboxylic acids is 1. The molecule has 0 radical (unpaired) electrons. The lowest BCUT2D eigenvalue weighted by molar-refractivity contribution is -0.152. The molecular weight excluding hydrogens is 334 g/mol. The van der Waals surface area contributed by atoms with Crippen LogP contribution in [0.3, 0.4) is 0 Å². The first-order valence-electron chi connectivity index (χ1n) is 7.36. The lowest BCUT2D eigenvalue weighted by Crippen LogP contribution is -2.48. The summed E-state index contributed by atoms with van der Waals surface area (Å²) in [6, 6.07) is 7.39. The van der Waals surface area contributed by atoms with E-state index in [1.165, 1.54) is 0 Å². The number of carboxylic acids is 1. The van der Waals surface area contributed by atoms with Crippen LogP contribution in [0.1, 0.15) is 37.2 Å². The minimum atomic E-state index is -0.872. The van der Waals surface area contributed by atoms with Crippen LogP contribution in [-0.4, -0.2) is 34.5 Å². The molecule has 0 aromatic heterocycles. The SMILES string of the molecule is O=C(O)[C@H]1CCCCN1C(=O)C1CC1c1cccc(Br)c1. The quantitative estimate of drug-likeness (QED) is 0.910. The summed E-state index contributed by atoms with van der Waals surface area (Å²) in [6.07, 6.45) is 3.21. The maximum atomic E-state index is 12.6. The fourth-order valence-corrected chi connectivity index (χ4v) is 3.66. The number of carbonyl (C=O) groups excluding carboxylic acids is 1. The minimum absolute atomic E-state index is 0.0204. The second-order valence-corrected chi connectivity index (χ2v) is 6.80. The maximum absolute atomic E-state index is 12.6. The van der Waals surface area contributed by atoms with Gasteiger partial charge in [0.25, 0.3) is 0 Å². The van der Waals surface area contributed by atoms with E-state index in [9.17, 15) is 14.7 Å². The zero-order valence-corrected chi connectivity index (χ0v) is 13.3. The van der Waals surface area contributed by atoms with Crippen molar-refractivity contribution < 1.29 is 14.7 Å². The van der Waals surface area contributed by atoms with Crippen molar-refractivity contribution in [2.24, 2.45) is 5.92 Å². The molecule has 2 unspecified atom stereocenters. The fourth-order valence-electron chi connectivity index (χ4n) is 3.24. The molecule has 1 aromatic rings. The number of benzene rings is 1. The van der Waals surface area contributed by atoms with Crippen LogP contribution in [0.15, 0.2) is 28.7 Å². The van der Waals surface area contributed by atoms with Crippen LogP contribution in [0, 0.1) is 5.92 Å². The van der Waals surface area contributed by atoms with E-state index < -0.39 is 12.0 Å². The molecule has 2 aliphatic rings. The normalized spacial score (nSPS) is 28.2. The molecular formula is C16H18BrNO3. The highest BCUT2D eigenvalue weighted by atomic mass is 79.9. The Bertz CT molecular complexity index is 574. The third-order valence-corrected chi connectivity index (χ3v) is 4.95. The van der Waals surface area contributed by atoms with E-state index in [0.29, 0.717) is 13.0 Å². The van der Waals surface area contributed by atoms with Gasteiger partial charge in [0.05, 0.1) is 0 Å². The number of piperidine rings is 1. The third-order valence-electron chi connectivity index (χ3n) is 4.46. The van der Waals surface area contributed by atoms with E-state index in [2.05, 4.69) is 15.9 Å². The standard InChI is InChI=1S/C16H18BrNO3/c17-11-5-3-4-10(8-11)12-9-13(12)15(19)18-7-2-1-6-14(18)16(20)21/h3-5,8,12-14H,1-2,6-7,9H2,(H,20,21)/t12?,13?,14-/m1/s1. The molecule has 1 heterocycles. The van der Waals surface area contributed by atoms with E-state index in [0.717, 1.165) is 29.3 Å². The monoisotopic (exact) mass is 351 g/mol. The number of amides is 1. The molecule has 5 heteroatoms. The highest BCUT2D eigenvalue weighted by Crippen LogP contribution is 2.49. The van der Waals surface area contributed by atoms with Crippen molar-refractivity contribution in [3.05, 3.63) is 34.3 Å². The van der Waals surface area contributed by atoms with Gasteiger partial charge in [-0.1, -0.05) is 28.1 Å². The number of likely N-dealkylation sites (tertiary alicyclic amines) is 1. The summed E-state index contributed by atoms with van der Waals surface area (Å²) in [7, 11) is 0. The molecule has 4 nitrogen and oxygen atoms in total. The van der Waals surface area contributed by atoms with Crippen LogP contribution in [0.4, 0.5) is 0 Å². The zero-order chi connectivity index (χ0) is 15.0. The average Bonchev–Trinajstić information content (AvgIpc) is 3.27. The van der Waals surface area contributed by atoms with Crippen LogP contribution in [-0.2, 0) is 9.59 Å². The molecule has 1 amide bonds. The topological polar surface area (TPSA) is 57.6 Å². The summed E-state index contributed by atoms with van der Waals surface area (Å²) in [6.45, 7) is 0.581. The van der Waals surface area contributed by atoms with Gasteiger partial charge in [0, 0.05) is 16.9 Å². The van der Waals surface area contributed by atoms with Gasteiger partial charge in [-0.2, -0.15) is 0 Å². The van der Waals surface area contributed by atoms with Gasteiger partial charge >= 0.3 is 5.97 Å². The van der Waals surface area contributed by atoms with Gasteiger partial charge in [0.1, 0.15) is 6.04 Å². The van der Waals surface area contributed by atoms with Crippen molar-refractivity contribution in [1.29, 1.82) is 0 Å². The van der Waals surface area contributed by atoms with Crippen molar-refractivity contribution in [3.8, 4) is 0 Å². The first-order valence-corrected chi connectivity index (χ1v) is 8.16. The Morgan fingerprint density at radius 3 is 2.81 bits per heavy atom. The van der Waals surface area contributed by atoms with Gasteiger partial charge in [0.2, 0.25) is 5.91 Å². The number of carbonyl (C=O) groups is 2. The Balaban J connectivity index is 1.70. The molecule has 1 saturated carbocycles. The number of halogens is 1. The van der Waals surface area contributed by atoms with Crippen molar-refractivity contribution in [3.63, 3.8) is 0 Å².